The van der Waals surface area contributed by atoms with E-state index in [0.717, 1.165) is 12.5 Å². The lowest BCUT2D eigenvalue weighted by atomic mass is 9.72. The summed E-state index contributed by atoms with van der Waals surface area (Å²) < 4.78 is 15.4. The third-order valence-corrected chi connectivity index (χ3v) is 4.69. The van der Waals surface area contributed by atoms with Crippen LogP contribution in [-0.2, 0) is 24.4 Å². The molecule has 0 spiro atoms. The van der Waals surface area contributed by atoms with Crippen molar-refractivity contribution in [2.24, 2.45) is 5.41 Å². The third-order valence-electron chi connectivity index (χ3n) is 4.69. The molecule has 1 rings (SSSR count). The fourth-order valence-electron chi connectivity index (χ4n) is 3.55. The van der Waals surface area contributed by atoms with Crippen LogP contribution in [0, 0.1) is 5.41 Å². The predicted octanol–water partition coefficient (Wildman–Crippen LogP) is 4.44. The molecule has 174 valence electrons. The van der Waals surface area contributed by atoms with Crippen LogP contribution >= 0.6 is 0 Å². The summed E-state index contributed by atoms with van der Waals surface area (Å²) in [5.74, 6) is -0.912. The maximum Gasteiger partial charge on any atom is 0.338 e. The molecule has 0 bridgehead atoms. The van der Waals surface area contributed by atoms with Crippen LogP contribution in [0.2, 0.25) is 0 Å². The second-order valence-corrected chi connectivity index (χ2v) is 9.60. The maximum atomic E-state index is 12.2. The van der Waals surface area contributed by atoms with Gasteiger partial charge in [0.1, 0.15) is 12.7 Å². The van der Waals surface area contributed by atoms with Gasteiger partial charge in [-0.05, 0) is 47.8 Å². The molecule has 0 saturated heterocycles. The summed E-state index contributed by atoms with van der Waals surface area (Å²) in [6.45, 7) is 15.0. The molecule has 6 nitrogen and oxygen atoms in total. The lowest BCUT2D eigenvalue weighted by Crippen LogP contribution is -2.25. The Morgan fingerprint density at radius 1 is 1.00 bits per heavy atom. The van der Waals surface area contributed by atoms with Gasteiger partial charge in [-0.2, -0.15) is 0 Å². The summed E-state index contributed by atoms with van der Waals surface area (Å²) in [5.41, 5.74) is 1.84. The summed E-state index contributed by atoms with van der Waals surface area (Å²) in [4.78, 5) is 23.1. The number of hydrogen-bond acceptors (Lipinski definition) is 6. The van der Waals surface area contributed by atoms with Crippen molar-refractivity contribution in [3.8, 4) is 0 Å². The van der Waals surface area contributed by atoms with Crippen molar-refractivity contribution in [2.45, 2.75) is 65.4 Å². The molecule has 0 radical (unpaired) electrons. The fourth-order valence-corrected chi connectivity index (χ4v) is 3.55. The standard InChI is InChI=1S/C25H38O6/c1-7-22(27)30-15-9-8-14-29-16-21(26)17-31-23(28)19-10-12-20(13-11-19)25(5,6)18-24(2,3)4/h7,10-13,21,26H,1,8-9,14-18H2,2-6H3. The van der Waals surface area contributed by atoms with Crippen LogP contribution in [0.1, 0.15) is 69.8 Å². The number of rotatable bonds is 13. The Balaban J connectivity index is 2.32. The van der Waals surface area contributed by atoms with Gasteiger partial charge in [0.25, 0.3) is 0 Å². The third kappa shape index (κ3) is 11.1. The van der Waals surface area contributed by atoms with Crippen LogP contribution in [0.4, 0.5) is 0 Å². The molecule has 1 aromatic rings. The highest BCUT2D eigenvalue weighted by atomic mass is 16.5. The fraction of sp³-hybridized carbons (Fsp3) is 0.600. The zero-order valence-electron chi connectivity index (χ0n) is 19.6. The van der Waals surface area contributed by atoms with Crippen molar-refractivity contribution >= 4 is 11.9 Å². The van der Waals surface area contributed by atoms with E-state index in [1.54, 1.807) is 12.1 Å². The summed E-state index contributed by atoms with van der Waals surface area (Å²) in [5, 5.41) is 9.93. The minimum absolute atomic E-state index is 0.00151. The zero-order valence-corrected chi connectivity index (χ0v) is 19.6. The highest BCUT2D eigenvalue weighted by Gasteiger charge is 2.27. The minimum Gasteiger partial charge on any atom is -0.463 e. The number of aliphatic hydroxyl groups excluding tert-OH is 1. The number of ether oxygens (including phenoxy) is 3. The van der Waals surface area contributed by atoms with Gasteiger partial charge in [-0.25, -0.2) is 9.59 Å². The Bertz CT molecular complexity index is 700. The smallest absolute Gasteiger partial charge is 0.338 e. The van der Waals surface area contributed by atoms with E-state index in [4.69, 9.17) is 14.2 Å². The summed E-state index contributed by atoms with van der Waals surface area (Å²) in [6, 6.07) is 7.47. The second kappa shape index (κ2) is 12.6. The number of esters is 2. The Kier molecular flexibility index (Phi) is 10.9. The molecular formula is C25H38O6. The summed E-state index contributed by atoms with van der Waals surface area (Å²) in [7, 11) is 0. The minimum atomic E-state index is -0.896. The average molecular weight is 435 g/mol. The van der Waals surface area contributed by atoms with Gasteiger partial charge in [0, 0.05) is 12.7 Å². The van der Waals surface area contributed by atoms with Gasteiger partial charge in [0.2, 0.25) is 0 Å². The van der Waals surface area contributed by atoms with Crippen LogP contribution < -0.4 is 0 Å². The normalized spacial score (nSPS) is 12.8. The molecule has 1 atom stereocenters. The molecule has 31 heavy (non-hydrogen) atoms. The first-order valence-electron chi connectivity index (χ1n) is 10.8. The van der Waals surface area contributed by atoms with Gasteiger partial charge in [-0.1, -0.05) is 53.3 Å². The predicted molar refractivity (Wildman–Crippen MR) is 121 cm³/mol. The molecule has 0 fully saturated rings. The van der Waals surface area contributed by atoms with Crippen LogP contribution in [0.3, 0.4) is 0 Å². The van der Waals surface area contributed by atoms with Gasteiger partial charge < -0.3 is 19.3 Å². The molecule has 0 aromatic heterocycles. The van der Waals surface area contributed by atoms with E-state index >= 15 is 0 Å². The van der Waals surface area contributed by atoms with Crippen molar-refractivity contribution in [1.82, 2.24) is 0 Å². The van der Waals surface area contributed by atoms with Crippen LogP contribution in [0.25, 0.3) is 0 Å². The largest absolute Gasteiger partial charge is 0.463 e. The molecule has 0 aliphatic carbocycles. The molecule has 0 aliphatic rings. The highest BCUT2D eigenvalue weighted by Crippen LogP contribution is 2.36. The Labute approximate surface area is 186 Å². The summed E-state index contributed by atoms with van der Waals surface area (Å²) >= 11 is 0. The molecule has 1 aromatic carbocycles. The number of unbranched alkanes of at least 4 members (excludes halogenated alkanes) is 1. The molecule has 0 saturated carbocycles. The van der Waals surface area contributed by atoms with Crippen molar-refractivity contribution in [2.75, 3.05) is 26.4 Å². The van der Waals surface area contributed by atoms with Crippen LogP contribution in [0.5, 0.6) is 0 Å². The van der Waals surface area contributed by atoms with E-state index in [1.807, 2.05) is 12.1 Å². The number of hydrogen-bond donors (Lipinski definition) is 1. The first kappa shape index (κ1) is 26.9. The number of carbonyl (C=O) groups is 2. The van der Waals surface area contributed by atoms with Gasteiger partial charge in [-0.15, -0.1) is 0 Å². The maximum absolute atomic E-state index is 12.2. The molecule has 0 aliphatic heterocycles. The van der Waals surface area contributed by atoms with E-state index in [1.165, 1.54) is 5.56 Å². The van der Waals surface area contributed by atoms with Crippen LogP contribution in [0.15, 0.2) is 36.9 Å². The molecular weight excluding hydrogens is 396 g/mol. The van der Waals surface area contributed by atoms with Crippen molar-refractivity contribution in [3.05, 3.63) is 48.0 Å². The topological polar surface area (TPSA) is 82.1 Å². The van der Waals surface area contributed by atoms with Crippen molar-refractivity contribution in [3.63, 3.8) is 0 Å². The zero-order chi connectivity index (χ0) is 23.5. The quantitative estimate of drug-likeness (QED) is 0.281. The number of aliphatic hydroxyl groups is 1. The number of benzene rings is 1. The average Bonchev–Trinajstić information content (AvgIpc) is 2.69. The van der Waals surface area contributed by atoms with Gasteiger partial charge in [-0.3, -0.25) is 0 Å². The lowest BCUT2D eigenvalue weighted by molar-refractivity contribution is -0.137. The van der Waals surface area contributed by atoms with E-state index in [9.17, 15) is 14.7 Å². The molecule has 1 N–H and O–H groups in total. The van der Waals surface area contributed by atoms with Crippen LogP contribution in [-0.4, -0.2) is 49.6 Å². The van der Waals surface area contributed by atoms with E-state index in [2.05, 4.69) is 41.2 Å². The summed E-state index contributed by atoms with van der Waals surface area (Å²) in [6.07, 6.45) is 2.60. The molecule has 1 unspecified atom stereocenters. The molecule has 6 heteroatoms. The first-order valence-corrected chi connectivity index (χ1v) is 10.8. The number of carbonyl (C=O) groups excluding carboxylic acids is 2. The Morgan fingerprint density at radius 3 is 2.19 bits per heavy atom. The van der Waals surface area contributed by atoms with Gasteiger partial charge in [0.05, 0.1) is 18.8 Å². The lowest BCUT2D eigenvalue weighted by Gasteiger charge is -2.33. The first-order chi connectivity index (χ1) is 14.4. The SMILES string of the molecule is C=CC(=O)OCCCCOCC(O)COC(=O)c1ccc(C(C)(C)CC(C)(C)C)cc1. The monoisotopic (exact) mass is 434 g/mol. The Hall–Kier alpha value is -2.18. The van der Waals surface area contributed by atoms with Gasteiger partial charge >= 0.3 is 11.9 Å². The molecule has 0 amide bonds. The Morgan fingerprint density at radius 2 is 1.61 bits per heavy atom. The van der Waals surface area contributed by atoms with E-state index in [-0.39, 0.29) is 24.0 Å². The van der Waals surface area contributed by atoms with E-state index < -0.39 is 18.0 Å². The van der Waals surface area contributed by atoms with E-state index in [0.29, 0.717) is 31.6 Å². The van der Waals surface area contributed by atoms with Crippen molar-refractivity contribution < 1.29 is 28.9 Å². The van der Waals surface area contributed by atoms with Crippen molar-refractivity contribution in [1.29, 1.82) is 0 Å². The second-order valence-electron chi connectivity index (χ2n) is 9.60. The molecule has 0 heterocycles. The van der Waals surface area contributed by atoms with Gasteiger partial charge in [0.15, 0.2) is 0 Å². The highest BCUT2D eigenvalue weighted by molar-refractivity contribution is 5.89.